The lowest BCUT2D eigenvalue weighted by Crippen LogP contribution is -2.45. The normalized spacial score (nSPS) is 21.4. The molecule has 146 valence electrons. The lowest BCUT2D eigenvalue weighted by Gasteiger charge is -2.36. The van der Waals surface area contributed by atoms with Gasteiger partial charge in [0.1, 0.15) is 10.8 Å². The van der Waals surface area contributed by atoms with Crippen molar-refractivity contribution in [3.05, 3.63) is 45.4 Å². The van der Waals surface area contributed by atoms with E-state index in [4.69, 9.17) is 9.72 Å². The third-order valence-electron chi connectivity index (χ3n) is 5.73. The quantitative estimate of drug-likeness (QED) is 0.855. The Hall–Kier alpha value is -1.47. The van der Waals surface area contributed by atoms with Gasteiger partial charge in [0.05, 0.1) is 25.4 Å². The first kappa shape index (κ1) is 18.9. The first-order valence-corrected chi connectivity index (χ1v) is 10.8. The fourth-order valence-corrected chi connectivity index (χ4v) is 5.30. The van der Waals surface area contributed by atoms with Crippen LogP contribution in [0.2, 0.25) is 0 Å². The summed E-state index contributed by atoms with van der Waals surface area (Å²) < 4.78 is 5.62. The number of methoxy groups -OCH3 is 1. The standard InChI is InChI=1S/C21H30N4OS/c1-15(2)24-10-8-17-20(13-24)27-21(23-17)14-25-11-9-22-12-18(25)16-6-4-5-7-19(16)26-3/h4-7,15,18,22H,8-14H2,1-3H3. The molecule has 0 spiro atoms. The molecule has 6 heteroatoms. The first-order valence-electron chi connectivity index (χ1n) is 9.95. The second kappa shape index (κ2) is 8.27. The van der Waals surface area contributed by atoms with Gasteiger partial charge >= 0.3 is 0 Å². The van der Waals surface area contributed by atoms with Gasteiger partial charge < -0.3 is 10.1 Å². The molecule has 2 aliphatic rings. The zero-order valence-corrected chi connectivity index (χ0v) is 17.4. The van der Waals surface area contributed by atoms with Crippen molar-refractivity contribution in [3.8, 4) is 5.75 Å². The number of para-hydroxylation sites is 1. The molecule has 1 saturated heterocycles. The number of piperazine rings is 1. The first-order chi connectivity index (χ1) is 13.2. The highest BCUT2D eigenvalue weighted by Gasteiger charge is 2.28. The van der Waals surface area contributed by atoms with E-state index in [0.29, 0.717) is 12.1 Å². The summed E-state index contributed by atoms with van der Waals surface area (Å²) >= 11 is 1.91. The highest BCUT2D eigenvalue weighted by molar-refractivity contribution is 7.11. The number of rotatable bonds is 5. The number of hydrogen-bond donors (Lipinski definition) is 1. The van der Waals surface area contributed by atoms with Crippen LogP contribution in [0.3, 0.4) is 0 Å². The zero-order chi connectivity index (χ0) is 18.8. The lowest BCUT2D eigenvalue weighted by molar-refractivity contribution is 0.150. The van der Waals surface area contributed by atoms with Gasteiger partial charge in [0.25, 0.3) is 0 Å². The summed E-state index contributed by atoms with van der Waals surface area (Å²) in [5.74, 6) is 0.974. The van der Waals surface area contributed by atoms with Gasteiger partial charge in [-0.2, -0.15) is 0 Å². The summed E-state index contributed by atoms with van der Waals surface area (Å²) in [6, 6.07) is 9.32. The van der Waals surface area contributed by atoms with Gasteiger partial charge in [0.15, 0.2) is 0 Å². The zero-order valence-electron chi connectivity index (χ0n) is 16.6. The van der Waals surface area contributed by atoms with Crippen LogP contribution in [0.1, 0.15) is 41.0 Å². The van der Waals surface area contributed by atoms with Crippen molar-refractivity contribution in [2.75, 3.05) is 33.3 Å². The largest absolute Gasteiger partial charge is 0.496 e. The maximum absolute atomic E-state index is 5.62. The molecule has 1 unspecified atom stereocenters. The lowest BCUT2D eigenvalue weighted by atomic mass is 10.0. The highest BCUT2D eigenvalue weighted by atomic mass is 32.1. The van der Waals surface area contributed by atoms with Crippen molar-refractivity contribution in [3.63, 3.8) is 0 Å². The minimum absolute atomic E-state index is 0.322. The number of hydrogen-bond acceptors (Lipinski definition) is 6. The van der Waals surface area contributed by atoms with E-state index >= 15 is 0 Å². The van der Waals surface area contributed by atoms with Crippen LogP contribution in [0.15, 0.2) is 24.3 Å². The van der Waals surface area contributed by atoms with E-state index in [1.807, 2.05) is 17.4 Å². The predicted octanol–water partition coefficient (Wildman–Crippen LogP) is 3.06. The Morgan fingerprint density at radius 2 is 2.15 bits per heavy atom. The molecule has 0 radical (unpaired) electrons. The summed E-state index contributed by atoms with van der Waals surface area (Å²) in [6.45, 7) is 10.7. The van der Waals surface area contributed by atoms with E-state index in [-0.39, 0.29) is 0 Å². The van der Waals surface area contributed by atoms with Gasteiger partial charge in [-0.1, -0.05) is 18.2 Å². The number of benzene rings is 1. The molecule has 0 saturated carbocycles. The molecule has 1 N–H and O–H groups in total. The van der Waals surface area contributed by atoms with E-state index in [2.05, 4.69) is 47.2 Å². The topological polar surface area (TPSA) is 40.6 Å². The molecule has 1 aromatic heterocycles. The summed E-state index contributed by atoms with van der Waals surface area (Å²) in [7, 11) is 1.76. The van der Waals surface area contributed by atoms with Crippen LogP contribution in [0, 0.1) is 0 Å². The van der Waals surface area contributed by atoms with Crippen LogP contribution >= 0.6 is 11.3 Å². The summed E-state index contributed by atoms with van der Waals surface area (Å²) in [5.41, 5.74) is 2.59. The summed E-state index contributed by atoms with van der Waals surface area (Å²) in [4.78, 5) is 11.6. The van der Waals surface area contributed by atoms with Crippen molar-refractivity contribution >= 4 is 11.3 Å². The second-order valence-corrected chi connectivity index (χ2v) is 8.89. The van der Waals surface area contributed by atoms with Crippen LogP contribution in [-0.2, 0) is 19.5 Å². The van der Waals surface area contributed by atoms with Gasteiger partial charge in [0.2, 0.25) is 0 Å². The van der Waals surface area contributed by atoms with Gasteiger partial charge in [-0.05, 0) is 19.9 Å². The highest BCUT2D eigenvalue weighted by Crippen LogP contribution is 2.33. The Balaban J connectivity index is 1.53. The molecule has 1 atom stereocenters. The van der Waals surface area contributed by atoms with E-state index in [1.54, 1.807) is 7.11 Å². The average Bonchev–Trinajstić information content (AvgIpc) is 3.09. The molecule has 3 heterocycles. The third-order valence-corrected chi connectivity index (χ3v) is 6.79. The van der Waals surface area contributed by atoms with E-state index in [9.17, 15) is 0 Å². The second-order valence-electron chi connectivity index (χ2n) is 7.72. The minimum atomic E-state index is 0.322. The van der Waals surface area contributed by atoms with Crippen molar-refractivity contribution < 1.29 is 4.74 Å². The van der Waals surface area contributed by atoms with Crippen molar-refractivity contribution in [2.45, 2.75) is 45.4 Å². The van der Waals surface area contributed by atoms with Gasteiger partial charge in [-0.15, -0.1) is 11.3 Å². The molecule has 0 aliphatic carbocycles. The number of aromatic nitrogens is 1. The number of nitrogens with zero attached hydrogens (tertiary/aromatic N) is 3. The van der Waals surface area contributed by atoms with E-state index in [1.165, 1.54) is 21.1 Å². The molecule has 2 aliphatic heterocycles. The van der Waals surface area contributed by atoms with E-state index < -0.39 is 0 Å². The molecule has 0 bridgehead atoms. The molecule has 0 amide bonds. The molecule has 2 aromatic rings. The Bertz CT molecular complexity index is 775. The minimum Gasteiger partial charge on any atom is -0.496 e. The molecule has 1 fully saturated rings. The molecule has 4 rings (SSSR count). The van der Waals surface area contributed by atoms with Crippen LogP contribution < -0.4 is 10.1 Å². The molecular weight excluding hydrogens is 356 g/mol. The maximum Gasteiger partial charge on any atom is 0.123 e. The Morgan fingerprint density at radius 1 is 1.30 bits per heavy atom. The fraction of sp³-hybridized carbons (Fsp3) is 0.571. The predicted molar refractivity (Wildman–Crippen MR) is 110 cm³/mol. The van der Waals surface area contributed by atoms with Crippen LogP contribution in [0.4, 0.5) is 0 Å². The Kier molecular flexibility index (Phi) is 5.78. The van der Waals surface area contributed by atoms with Crippen LogP contribution in [-0.4, -0.2) is 54.1 Å². The SMILES string of the molecule is COc1ccccc1C1CNCCN1Cc1nc2c(s1)CN(C(C)C)CC2. The molecular formula is C21H30N4OS. The number of fused-ring (bicyclic) bond motifs is 1. The summed E-state index contributed by atoms with van der Waals surface area (Å²) in [5, 5.41) is 4.80. The van der Waals surface area contributed by atoms with E-state index in [0.717, 1.165) is 51.4 Å². The third kappa shape index (κ3) is 4.04. The van der Waals surface area contributed by atoms with Crippen molar-refractivity contribution in [1.29, 1.82) is 0 Å². The fourth-order valence-electron chi connectivity index (χ4n) is 4.13. The van der Waals surface area contributed by atoms with Crippen molar-refractivity contribution in [2.24, 2.45) is 0 Å². The van der Waals surface area contributed by atoms with Gasteiger partial charge in [-0.25, -0.2) is 4.98 Å². The number of nitrogens with one attached hydrogen (secondary N) is 1. The van der Waals surface area contributed by atoms with Gasteiger partial charge in [-0.3, -0.25) is 9.80 Å². The summed E-state index contributed by atoms with van der Waals surface area (Å²) in [6.07, 6.45) is 1.08. The average molecular weight is 387 g/mol. The molecule has 5 nitrogen and oxygen atoms in total. The Morgan fingerprint density at radius 3 is 2.96 bits per heavy atom. The Labute approximate surface area is 166 Å². The van der Waals surface area contributed by atoms with Crippen molar-refractivity contribution in [1.82, 2.24) is 20.1 Å². The molecule has 1 aromatic carbocycles. The van der Waals surface area contributed by atoms with Gasteiger partial charge in [0, 0.05) is 55.6 Å². The number of thiazole rings is 1. The van der Waals surface area contributed by atoms with Crippen LogP contribution in [0.25, 0.3) is 0 Å². The monoisotopic (exact) mass is 386 g/mol. The maximum atomic E-state index is 5.62. The number of ether oxygens (including phenoxy) is 1. The smallest absolute Gasteiger partial charge is 0.123 e. The molecule has 27 heavy (non-hydrogen) atoms. The van der Waals surface area contributed by atoms with Crippen LogP contribution in [0.5, 0.6) is 5.75 Å².